The molecule has 0 bridgehead atoms. The minimum absolute atomic E-state index is 0.108. The summed E-state index contributed by atoms with van der Waals surface area (Å²) in [6.45, 7) is 3.29. The van der Waals surface area contributed by atoms with Crippen molar-refractivity contribution in [1.29, 1.82) is 0 Å². The van der Waals surface area contributed by atoms with Crippen LogP contribution in [-0.4, -0.2) is 24.1 Å². The molecule has 0 aliphatic heterocycles. The summed E-state index contributed by atoms with van der Waals surface area (Å²) in [5.74, 6) is -0.108. The molecule has 0 aliphatic rings. The highest BCUT2D eigenvalue weighted by molar-refractivity contribution is 7.80. The number of hydrogen-bond acceptors (Lipinski definition) is 2. The van der Waals surface area contributed by atoms with Gasteiger partial charge in [-0.05, 0) is 43.3 Å². The number of rotatable bonds is 6. The molecule has 3 N–H and O–H groups in total. The third-order valence-corrected chi connectivity index (χ3v) is 3.55. The predicted molar refractivity (Wildman–Crippen MR) is 98.8 cm³/mol. The lowest BCUT2D eigenvalue weighted by Gasteiger charge is -2.13. The van der Waals surface area contributed by atoms with Gasteiger partial charge in [0.05, 0.1) is 11.3 Å². The van der Waals surface area contributed by atoms with E-state index < -0.39 is 0 Å². The van der Waals surface area contributed by atoms with Crippen molar-refractivity contribution in [3.63, 3.8) is 0 Å². The first-order valence-corrected chi connectivity index (χ1v) is 8.07. The van der Waals surface area contributed by atoms with Crippen molar-refractivity contribution in [2.75, 3.05) is 18.4 Å². The summed E-state index contributed by atoms with van der Waals surface area (Å²) in [5.41, 5.74) is 2.49. The second-order valence-electron chi connectivity index (χ2n) is 5.02. The molecule has 5 heteroatoms. The number of thiocarbonyl (C=S) groups is 1. The summed E-state index contributed by atoms with van der Waals surface area (Å²) < 4.78 is 0. The topological polar surface area (TPSA) is 53.2 Å². The number of carbonyl (C=O) groups is 1. The summed E-state index contributed by atoms with van der Waals surface area (Å²) in [6.07, 6.45) is 0.804. The van der Waals surface area contributed by atoms with E-state index >= 15 is 0 Å². The Labute approximate surface area is 142 Å². The van der Waals surface area contributed by atoms with Crippen molar-refractivity contribution >= 4 is 28.9 Å². The zero-order valence-corrected chi connectivity index (χ0v) is 14.0. The second kappa shape index (κ2) is 8.90. The highest BCUT2D eigenvalue weighted by Gasteiger charge is 2.11. The average Bonchev–Trinajstić information content (AvgIpc) is 2.56. The highest BCUT2D eigenvalue weighted by atomic mass is 32.1. The summed E-state index contributed by atoms with van der Waals surface area (Å²) in [6, 6.07) is 17.4. The van der Waals surface area contributed by atoms with Crippen LogP contribution in [0.5, 0.6) is 0 Å². The number of benzene rings is 2. The highest BCUT2D eigenvalue weighted by Crippen LogP contribution is 2.14. The molecule has 0 saturated heterocycles. The number of anilines is 1. The lowest BCUT2D eigenvalue weighted by Crippen LogP contribution is -2.30. The third kappa shape index (κ3) is 5.38. The molecule has 0 saturated carbocycles. The fourth-order valence-corrected chi connectivity index (χ4v) is 2.43. The summed E-state index contributed by atoms with van der Waals surface area (Å²) in [4.78, 5) is 12.4. The molecule has 0 aromatic heterocycles. The van der Waals surface area contributed by atoms with Gasteiger partial charge in [0.1, 0.15) is 0 Å². The first-order chi connectivity index (χ1) is 11.2. The van der Waals surface area contributed by atoms with Gasteiger partial charge in [0.15, 0.2) is 5.11 Å². The van der Waals surface area contributed by atoms with Crippen molar-refractivity contribution in [2.24, 2.45) is 0 Å². The maximum atomic E-state index is 12.4. The van der Waals surface area contributed by atoms with Gasteiger partial charge in [0.2, 0.25) is 0 Å². The Hall–Kier alpha value is -2.40. The van der Waals surface area contributed by atoms with E-state index in [1.165, 1.54) is 5.56 Å². The van der Waals surface area contributed by atoms with Gasteiger partial charge in [-0.1, -0.05) is 42.5 Å². The first kappa shape index (κ1) is 17.0. The standard InChI is InChI=1S/C18H21N3OS/c1-2-19-18(23)21-16-11-7-6-10-15(16)17(22)20-13-12-14-8-4-3-5-9-14/h3-11H,2,12-13H2,1H3,(H,20,22)(H2,19,21,23). The molecule has 0 heterocycles. The minimum Gasteiger partial charge on any atom is -0.363 e. The SMILES string of the molecule is CCNC(=S)Nc1ccccc1C(=O)NCCc1ccccc1. The van der Waals surface area contributed by atoms with E-state index in [0.29, 0.717) is 22.9 Å². The van der Waals surface area contributed by atoms with E-state index in [1.807, 2.05) is 43.3 Å². The summed E-state index contributed by atoms with van der Waals surface area (Å²) >= 11 is 5.18. The maximum Gasteiger partial charge on any atom is 0.253 e. The zero-order chi connectivity index (χ0) is 16.5. The maximum absolute atomic E-state index is 12.4. The van der Waals surface area contributed by atoms with Crippen LogP contribution in [0.3, 0.4) is 0 Å². The number of carbonyl (C=O) groups excluding carboxylic acids is 1. The van der Waals surface area contributed by atoms with Crippen LogP contribution in [0, 0.1) is 0 Å². The van der Waals surface area contributed by atoms with Gasteiger partial charge in [-0.3, -0.25) is 4.79 Å². The van der Waals surface area contributed by atoms with Gasteiger partial charge in [-0.25, -0.2) is 0 Å². The molecule has 0 spiro atoms. The van der Waals surface area contributed by atoms with Crippen LogP contribution in [0.25, 0.3) is 0 Å². The van der Waals surface area contributed by atoms with E-state index in [0.717, 1.165) is 13.0 Å². The average molecular weight is 327 g/mol. The monoisotopic (exact) mass is 327 g/mol. The van der Waals surface area contributed by atoms with Gasteiger partial charge in [-0.15, -0.1) is 0 Å². The van der Waals surface area contributed by atoms with Crippen LogP contribution in [-0.2, 0) is 6.42 Å². The van der Waals surface area contributed by atoms with E-state index in [2.05, 4.69) is 28.1 Å². The fraction of sp³-hybridized carbons (Fsp3) is 0.222. The summed E-state index contributed by atoms with van der Waals surface area (Å²) in [5, 5.41) is 9.53. The van der Waals surface area contributed by atoms with Crippen molar-refractivity contribution in [1.82, 2.24) is 10.6 Å². The molecule has 0 aliphatic carbocycles. The van der Waals surface area contributed by atoms with E-state index in [4.69, 9.17) is 12.2 Å². The largest absolute Gasteiger partial charge is 0.363 e. The number of nitrogens with one attached hydrogen (secondary N) is 3. The normalized spacial score (nSPS) is 9.96. The van der Waals surface area contributed by atoms with Crippen molar-refractivity contribution in [3.05, 3.63) is 65.7 Å². The Balaban J connectivity index is 1.95. The molecule has 0 atom stereocenters. The van der Waals surface area contributed by atoms with Gasteiger partial charge >= 0.3 is 0 Å². The molecular formula is C18H21N3OS. The molecule has 4 nitrogen and oxygen atoms in total. The lowest BCUT2D eigenvalue weighted by atomic mass is 10.1. The number of amides is 1. The molecule has 2 aromatic rings. The molecule has 0 fully saturated rings. The van der Waals surface area contributed by atoms with E-state index in [-0.39, 0.29) is 5.91 Å². The molecule has 1 amide bonds. The van der Waals surface area contributed by atoms with Crippen molar-refractivity contribution in [3.8, 4) is 0 Å². The van der Waals surface area contributed by atoms with Gasteiger partial charge in [0, 0.05) is 13.1 Å². The van der Waals surface area contributed by atoms with Gasteiger partial charge in [-0.2, -0.15) is 0 Å². The second-order valence-corrected chi connectivity index (χ2v) is 5.43. The molecular weight excluding hydrogens is 306 g/mol. The summed E-state index contributed by atoms with van der Waals surface area (Å²) in [7, 11) is 0. The van der Waals surface area contributed by atoms with Crippen LogP contribution >= 0.6 is 12.2 Å². The van der Waals surface area contributed by atoms with Crippen LogP contribution < -0.4 is 16.0 Å². The van der Waals surface area contributed by atoms with Crippen LogP contribution in [0.2, 0.25) is 0 Å². The van der Waals surface area contributed by atoms with Gasteiger partial charge < -0.3 is 16.0 Å². The van der Waals surface area contributed by atoms with Gasteiger partial charge in [0.25, 0.3) is 5.91 Å². The molecule has 23 heavy (non-hydrogen) atoms. The smallest absolute Gasteiger partial charge is 0.253 e. The molecule has 0 radical (unpaired) electrons. The lowest BCUT2D eigenvalue weighted by molar-refractivity contribution is 0.0955. The molecule has 2 aromatic carbocycles. The first-order valence-electron chi connectivity index (χ1n) is 7.66. The van der Waals surface area contributed by atoms with Crippen LogP contribution in [0.4, 0.5) is 5.69 Å². The Bertz CT molecular complexity index is 658. The van der Waals surface area contributed by atoms with Crippen molar-refractivity contribution < 1.29 is 4.79 Å². The zero-order valence-electron chi connectivity index (χ0n) is 13.1. The van der Waals surface area contributed by atoms with E-state index in [9.17, 15) is 4.79 Å². The Morgan fingerprint density at radius 2 is 1.70 bits per heavy atom. The van der Waals surface area contributed by atoms with Crippen LogP contribution in [0.15, 0.2) is 54.6 Å². The predicted octanol–water partition coefficient (Wildman–Crippen LogP) is 2.97. The molecule has 0 unspecified atom stereocenters. The van der Waals surface area contributed by atoms with Crippen LogP contribution in [0.1, 0.15) is 22.8 Å². The number of para-hydroxylation sites is 1. The minimum atomic E-state index is -0.108. The van der Waals surface area contributed by atoms with Crippen molar-refractivity contribution in [2.45, 2.75) is 13.3 Å². The number of hydrogen-bond donors (Lipinski definition) is 3. The fourth-order valence-electron chi connectivity index (χ4n) is 2.18. The molecule has 120 valence electrons. The van der Waals surface area contributed by atoms with E-state index in [1.54, 1.807) is 6.07 Å². The Morgan fingerprint density at radius 3 is 2.43 bits per heavy atom. The quantitative estimate of drug-likeness (QED) is 0.714. The molecule has 2 rings (SSSR count). The Morgan fingerprint density at radius 1 is 1.00 bits per heavy atom. The third-order valence-electron chi connectivity index (χ3n) is 3.30. The Kier molecular flexibility index (Phi) is 6.56.